The van der Waals surface area contributed by atoms with Crippen molar-refractivity contribution in [2.24, 2.45) is 0 Å². The van der Waals surface area contributed by atoms with Crippen LogP contribution >= 0.6 is 0 Å². The van der Waals surface area contributed by atoms with Gasteiger partial charge in [-0.2, -0.15) is 0 Å². The Morgan fingerprint density at radius 2 is 1.86 bits per heavy atom. The molecule has 9 nitrogen and oxygen atoms in total. The molecule has 0 spiro atoms. The van der Waals surface area contributed by atoms with Gasteiger partial charge in [0.2, 0.25) is 11.8 Å². The van der Waals surface area contributed by atoms with Crippen molar-refractivity contribution in [2.45, 2.75) is 58.4 Å². The molecule has 0 aromatic carbocycles. The summed E-state index contributed by atoms with van der Waals surface area (Å²) in [7, 11) is 0. The summed E-state index contributed by atoms with van der Waals surface area (Å²) in [6.45, 7) is 3.44. The van der Waals surface area contributed by atoms with Gasteiger partial charge in [-0.1, -0.05) is 18.6 Å². The highest BCUT2D eigenvalue weighted by atomic mass is 16.2. The first-order valence-electron chi connectivity index (χ1n) is 9.77. The van der Waals surface area contributed by atoms with Gasteiger partial charge in [-0.05, 0) is 45.4 Å². The zero-order chi connectivity index (χ0) is 20.7. The Morgan fingerprint density at radius 1 is 1.14 bits per heavy atom. The number of nitrogens with zero attached hydrogens (tertiary/aromatic N) is 2. The maximum absolute atomic E-state index is 12.4. The van der Waals surface area contributed by atoms with Crippen molar-refractivity contribution >= 4 is 29.7 Å². The SMILES string of the molecule is CCCNC(=O)[C@@H](C)NC(=O)CN1C(=O)C(=O)N(CCC2=CCCCC2)C1=O. The lowest BCUT2D eigenvalue weighted by Gasteiger charge is -2.18. The average molecular weight is 392 g/mol. The van der Waals surface area contributed by atoms with Gasteiger partial charge in [0.05, 0.1) is 0 Å². The smallest absolute Gasteiger partial charge is 0.334 e. The van der Waals surface area contributed by atoms with Crippen molar-refractivity contribution in [1.82, 2.24) is 20.4 Å². The van der Waals surface area contributed by atoms with Crippen LogP contribution in [0.15, 0.2) is 11.6 Å². The van der Waals surface area contributed by atoms with Crippen LogP contribution < -0.4 is 10.6 Å². The molecule has 2 aliphatic rings. The van der Waals surface area contributed by atoms with Crippen LogP contribution in [-0.4, -0.2) is 65.1 Å². The molecule has 1 atom stereocenters. The first-order valence-corrected chi connectivity index (χ1v) is 9.77. The Morgan fingerprint density at radius 3 is 2.50 bits per heavy atom. The fourth-order valence-corrected chi connectivity index (χ4v) is 3.17. The van der Waals surface area contributed by atoms with E-state index in [2.05, 4.69) is 16.7 Å². The van der Waals surface area contributed by atoms with E-state index in [9.17, 15) is 24.0 Å². The van der Waals surface area contributed by atoms with Gasteiger partial charge >= 0.3 is 17.8 Å². The molecular formula is C19H28N4O5. The van der Waals surface area contributed by atoms with Crippen LogP contribution in [-0.2, 0) is 19.2 Å². The first-order chi connectivity index (χ1) is 13.3. The molecule has 0 radical (unpaired) electrons. The number of hydrogen-bond donors (Lipinski definition) is 2. The van der Waals surface area contributed by atoms with E-state index in [0.717, 1.165) is 37.0 Å². The Labute approximate surface area is 164 Å². The fourth-order valence-electron chi connectivity index (χ4n) is 3.17. The van der Waals surface area contributed by atoms with Crippen molar-refractivity contribution < 1.29 is 24.0 Å². The number of hydrogen-bond acceptors (Lipinski definition) is 5. The van der Waals surface area contributed by atoms with E-state index in [1.165, 1.54) is 12.5 Å². The minimum Gasteiger partial charge on any atom is -0.354 e. The van der Waals surface area contributed by atoms with Gasteiger partial charge in [-0.3, -0.25) is 24.1 Å². The monoisotopic (exact) mass is 392 g/mol. The second kappa shape index (κ2) is 10.0. The van der Waals surface area contributed by atoms with Crippen LogP contribution in [0.25, 0.3) is 0 Å². The highest BCUT2D eigenvalue weighted by Crippen LogP contribution is 2.21. The highest BCUT2D eigenvalue weighted by Gasteiger charge is 2.45. The van der Waals surface area contributed by atoms with Crippen LogP contribution in [0.4, 0.5) is 4.79 Å². The highest BCUT2D eigenvalue weighted by molar-refractivity contribution is 6.45. The quantitative estimate of drug-likeness (QED) is 0.340. The summed E-state index contributed by atoms with van der Waals surface area (Å²) in [4.78, 5) is 62.1. The van der Waals surface area contributed by atoms with Gasteiger partial charge in [0.1, 0.15) is 12.6 Å². The molecule has 28 heavy (non-hydrogen) atoms. The summed E-state index contributed by atoms with van der Waals surface area (Å²) in [6.07, 6.45) is 7.58. The Bertz CT molecular complexity index is 688. The van der Waals surface area contributed by atoms with Gasteiger partial charge in [-0.25, -0.2) is 9.69 Å². The standard InChI is InChI=1S/C19H28N4O5/c1-3-10-20-16(25)13(2)21-15(24)12-23-18(27)17(26)22(19(23)28)11-9-14-7-5-4-6-8-14/h7,13H,3-6,8-12H2,1-2H3,(H,20,25)(H,21,24)/t13-/m1/s1. The largest absolute Gasteiger partial charge is 0.354 e. The fraction of sp³-hybridized carbons (Fsp3) is 0.632. The number of rotatable bonds is 9. The molecule has 2 rings (SSSR count). The normalized spacial score (nSPS) is 18.2. The minimum atomic E-state index is -1.01. The maximum Gasteiger partial charge on any atom is 0.334 e. The number of carbonyl (C=O) groups excluding carboxylic acids is 5. The molecule has 9 heteroatoms. The topological polar surface area (TPSA) is 116 Å². The second-order valence-corrected chi connectivity index (χ2v) is 7.07. The van der Waals surface area contributed by atoms with E-state index in [-0.39, 0.29) is 12.5 Å². The zero-order valence-electron chi connectivity index (χ0n) is 16.5. The molecule has 0 aromatic rings. The molecule has 1 fully saturated rings. The number of nitrogens with one attached hydrogen (secondary N) is 2. The lowest BCUT2D eigenvalue weighted by molar-refractivity contribution is -0.144. The average Bonchev–Trinajstić information content (AvgIpc) is 2.88. The summed E-state index contributed by atoms with van der Waals surface area (Å²) in [5, 5.41) is 5.08. The van der Waals surface area contributed by atoms with Crippen LogP contribution in [0.2, 0.25) is 0 Å². The lowest BCUT2D eigenvalue weighted by Crippen LogP contribution is -2.49. The molecule has 1 saturated heterocycles. The minimum absolute atomic E-state index is 0.128. The van der Waals surface area contributed by atoms with E-state index in [1.54, 1.807) is 0 Å². The van der Waals surface area contributed by atoms with E-state index in [4.69, 9.17) is 0 Å². The number of allylic oxidation sites excluding steroid dienone is 1. The van der Waals surface area contributed by atoms with Crippen molar-refractivity contribution in [2.75, 3.05) is 19.6 Å². The third-order valence-corrected chi connectivity index (χ3v) is 4.80. The Hall–Kier alpha value is -2.71. The molecule has 0 unspecified atom stereocenters. The molecule has 0 aromatic heterocycles. The summed E-state index contributed by atoms with van der Waals surface area (Å²) in [6, 6.07) is -1.60. The van der Waals surface area contributed by atoms with E-state index in [1.807, 2.05) is 6.92 Å². The van der Waals surface area contributed by atoms with E-state index >= 15 is 0 Å². The van der Waals surface area contributed by atoms with Gasteiger partial charge in [0.25, 0.3) is 0 Å². The molecule has 6 amide bonds. The summed E-state index contributed by atoms with van der Waals surface area (Å²) in [5.41, 5.74) is 1.18. The molecule has 1 aliphatic carbocycles. The third kappa shape index (κ3) is 5.40. The van der Waals surface area contributed by atoms with Gasteiger partial charge < -0.3 is 10.6 Å². The lowest BCUT2D eigenvalue weighted by atomic mass is 9.97. The van der Waals surface area contributed by atoms with Crippen molar-refractivity contribution in [3.63, 3.8) is 0 Å². The van der Waals surface area contributed by atoms with Gasteiger partial charge in [0, 0.05) is 13.1 Å². The third-order valence-electron chi connectivity index (χ3n) is 4.80. The number of carbonyl (C=O) groups is 5. The summed E-state index contributed by atoms with van der Waals surface area (Å²) < 4.78 is 0. The molecule has 2 N–H and O–H groups in total. The maximum atomic E-state index is 12.4. The van der Waals surface area contributed by atoms with Crippen LogP contribution in [0.3, 0.4) is 0 Å². The zero-order valence-corrected chi connectivity index (χ0v) is 16.5. The van der Waals surface area contributed by atoms with E-state index in [0.29, 0.717) is 17.9 Å². The first kappa shape index (κ1) is 21.6. The molecule has 1 aliphatic heterocycles. The Kier molecular flexibility index (Phi) is 7.71. The summed E-state index contributed by atoms with van der Waals surface area (Å²) >= 11 is 0. The van der Waals surface area contributed by atoms with Gasteiger partial charge in [-0.15, -0.1) is 0 Å². The predicted molar refractivity (Wildman–Crippen MR) is 101 cm³/mol. The number of imide groups is 2. The number of urea groups is 1. The van der Waals surface area contributed by atoms with Crippen molar-refractivity contribution in [3.8, 4) is 0 Å². The molecule has 0 saturated carbocycles. The molecule has 1 heterocycles. The number of amides is 6. The van der Waals surface area contributed by atoms with Gasteiger partial charge in [0.15, 0.2) is 0 Å². The van der Waals surface area contributed by atoms with Crippen molar-refractivity contribution in [3.05, 3.63) is 11.6 Å². The van der Waals surface area contributed by atoms with Crippen LogP contribution in [0.5, 0.6) is 0 Å². The predicted octanol–water partition coefficient (Wildman–Crippen LogP) is 0.699. The van der Waals surface area contributed by atoms with Crippen LogP contribution in [0.1, 0.15) is 52.4 Å². The second-order valence-electron chi connectivity index (χ2n) is 7.07. The van der Waals surface area contributed by atoms with Crippen molar-refractivity contribution in [1.29, 1.82) is 0 Å². The van der Waals surface area contributed by atoms with E-state index < -0.39 is 36.3 Å². The van der Waals surface area contributed by atoms with Crippen LogP contribution in [0, 0.1) is 0 Å². The molecular weight excluding hydrogens is 364 g/mol. The summed E-state index contributed by atoms with van der Waals surface area (Å²) in [5.74, 6) is -2.96. The molecule has 0 bridgehead atoms. The molecule has 154 valence electrons. The Balaban J connectivity index is 1.89.